The topological polar surface area (TPSA) is 25.1 Å². The van der Waals surface area contributed by atoms with Crippen LogP contribution in [0.3, 0.4) is 0 Å². The SMILES string of the molecule is C=CC(C=C)C(C)C.CC(C)C(C)C.CC(C)C(C)C.CC(C)C(C)C.CC(C)C(C)C.CC(C)C(C)C.CC(C)C(C)C.CC(C)C(C)C.CC(C)C(C)C.CC(C)C(CC1CO1)CC1CO1. The molecule has 2 heterocycles. The largest absolute Gasteiger partial charge is 0.373 e. The lowest BCUT2D eigenvalue weighted by atomic mass is 9.87. The summed E-state index contributed by atoms with van der Waals surface area (Å²) in [5.41, 5.74) is 0. The summed E-state index contributed by atoms with van der Waals surface area (Å²) in [5.74, 6) is 16.3. The molecule has 420 valence electrons. The molecule has 2 fully saturated rings. The van der Waals surface area contributed by atoms with Crippen LogP contribution in [0.15, 0.2) is 25.3 Å². The van der Waals surface area contributed by atoms with Crippen molar-refractivity contribution in [1.82, 2.24) is 0 Å². The highest BCUT2D eigenvalue weighted by Gasteiger charge is 2.33. The maximum atomic E-state index is 5.25. The Balaban J connectivity index is -0.0000000994. The van der Waals surface area contributed by atoms with E-state index in [9.17, 15) is 0 Å². The molecule has 2 saturated heterocycles. The summed E-state index contributed by atoms with van der Waals surface area (Å²) in [6.45, 7) is 90.0. The zero-order valence-electron chi connectivity index (χ0n) is 54.9. The van der Waals surface area contributed by atoms with Crippen molar-refractivity contribution in [2.45, 2.75) is 274 Å². The minimum atomic E-state index is 0.481. The average Bonchev–Trinajstić information content (AvgIpc) is 4.15. The Morgan fingerprint density at radius 1 is 0.265 bits per heavy atom. The van der Waals surface area contributed by atoms with E-state index in [1.807, 2.05) is 12.2 Å². The van der Waals surface area contributed by atoms with Crippen molar-refractivity contribution in [3.63, 3.8) is 0 Å². The number of hydrogen-bond donors (Lipinski definition) is 0. The van der Waals surface area contributed by atoms with E-state index in [4.69, 9.17) is 9.47 Å². The van der Waals surface area contributed by atoms with Crippen LogP contribution in [0.1, 0.15) is 262 Å². The van der Waals surface area contributed by atoms with Gasteiger partial charge in [-0.05, 0) is 131 Å². The van der Waals surface area contributed by atoms with Gasteiger partial charge in [-0.3, -0.25) is 0 Å². The van der Waals surface area contributed by atoms with Gasteiger partial charge in [0.15, 0.2) is 0 Å². The monoisotopic (exact) mass is 969 g/mol. The number of rotatable bonds is 16. The van der Waals surface area contributed by atoms with Crippen LogP contribution in [0.4, 0.5) is 0 Å². The van der Waals surface area contributed by atoms with Crippen molar-refractivity contribution < 1.29 is 9.47 Å². The highest BCUT2D eigenvalue weighted by molar-refractivity contribution is 4.93. The molecule has 2 atom stereocenters. The van der Waals surface area contributed by atoms with Gasteiger partial charge in [0.25, 0.3) is 0 Å². The second kappa shape index (κ2) is 52.7. The smallest absolute Gasteiger partial charge is 0.0812 e. The van der Waals surface area contributed by atoms with Gasteiger partial charge < -0.3 is 9.47 Å². The molecule has 0 radical (unpaired) electrons. The molecule has 2 heteroatoms. The van der Waals surface area contributed by atoms with Crippen LogP contribution in [0.5, 0.6) is 0 Å². The molecule has 0 amide bonds. The van der Waals surface area contributed by atoms with E-state index in [-0.39, 0.29) is 0 Å². The van der Waals surface area contributed by atoms with Gasteiger partial charge in [0, 0.05) is 0 Å². The molecule has 0 aromatic heterocycles. The molecule has 0 N–H and O–H groups in total. The maximum Gasteiger partial charge on any atom is 0.0812 e. The molecule has 0 bridgehead atoms. The summed E-state index contributed by atoms with van der Waals surface area (Å²) in [7, 11) is 0. The van der Waals surface area contributed by atoms with Crippen LogP contribution in [0.25, 0.3) is 0 Å². The van der Waals surface area contributed by atoms with E-state index in [1.165, 1.54) is 12.8 Å². The van der Waals surface area contributed by atoms with Gasteiger partial charge in [-0.2, -0.15) is 0 Å². The van der Waals surface area contributed by atoms with E-state index in [1.54, 1.807) is 0 Å². The van der Waals surface area contributed by atoms with Gasteiger partial charge in [-0.1, -0.05) is 261 Å². The molecular formula is C66H144O2. The first-order chi connectivity index (χ1) is 30.6. The summed E-state index contributed by atoms with van der Waals surface area (Å²) in [6, 6.07) is 0. The zero-order chi connectivity index (χ0) is 56.4. The van der Waals surface area contributed by atoms with E-state index < -0.39 is 0 Å². The number of hydrogen-bond acceptors (Lipinski definition) is 2. The number of epoxide rings is 2. The molecule has 2 aliphatic heterocycles. The second-order valence-electron chi connectivity index (χ2n) is 26.6. The Morgan fingerprint density at radius 2 is 0.397 bits per heavy atom. The summed E-state index contributed by atoms with van der Waals surface area (Å²) in [4.78, 5) is 0. The highest BCUT2D eigenvalue weighted by Crippen LogP contribution is 2.31. The fourth-order valence-electron chi connectivity index (χ4n) is 2.36. The normalized spacial score (nSPS) is 15.2. The first-order valence-electron chi connectivity index (χ1n) is 29.1. The molecular weight excluding hydrogens is 825 g/mol. The molecule has 2 aliphatic rings. The molecule has 2 rings (SSSR count). The van der Waals surface area contributed by atoms with E-state index in [2.05, 4.69) is 262 Å². The highest BCUT2D eigenvalue weighted by atomic mass is 16.6. The van der Waals surface area contributed by atoms with Gasteiger partial charge >= 0.3 is 0 Å². The second-order valence-corrected chi connectivity index (χ2v) is 26.6. The van der Waals surface area contributed by atoms with Gasteiger partial charge in [0.1, 0.15) is 0 Å². The predicted molar refractivity (Wildman–Crippen MR) is 323 cm³/mol. The third-order valence-corrected chi connectivity index (χ3v) is 14.9. The van der Waals surface area contributed by atoms with Crippen LogP contribution in [0.2, 0.25) is 0 Å². The van der Waals surface area contributed by atoms with Crippen LogP contribution in [-0.2, 0) is 9.47 Å². The molecule has 0 spiro atoms. The Morgan fingerprint density at radius 3 is 0.441 bits per heavy atom. The molecule has 2 nitrogen and oxygen atoms in total. The summed E-state index contributed by atoms with van der Waals surface area (Å²) < 4.78 is 10.5. The molecule has 0 aromatic rings. The molecule has 0 aromatic carbocycles. The van der Waals surface area contributed by atoms with Crippen LogP contribution in [0, 0.1) is 118 Å². The summed E-state index contributed by atoms with van der Waals surface area (Å²) in [6.07, 6.45) is 7.51. The third-order valence-electron chi connectivity index (χ3n) is 14.9. The summed E-state index contributed by atoms with van der Waals surface area (Å²) in [5, 5.41) is 0. The van der Waals surface area contributed by atoms with E-state index in [0.29, 0.717) is 24.0 Å². The first kappa shape index (κ1) is 84.2. The third kappa shape index (κ3) is 82.3. The van der Waals surface area contributed by atoms with E-state index >= 15 is 0 Å². The lowest BCUT2D eigenvalue weighted by molar-refractivity contribution is 0.259. The van der Waals surface area contributed by atoms with Gasteiger partial charge in [0.2, 0.25) is 0 Å². The quantitative estimate of drug-likeness (QED) is 0.114. The standard InChI is InChI=1S/C10H18O2.C8H14.8C6H14/c1-7(2)8(3-9-5-11-9)4-10-6-12-10;1-5-8(6-2)7(3)4;8*1-5(2)6(3)4/h7-10H,3-6H2,1-2H3;5-8H,1-2H2,3-4H3;8*5-6H,1-4H3. The van der Waals surface area contributed by atoms with Crippen LogP contribution >= 0.6 is 0 Å². The maximum absolute atomic E-state index is 5.25. The van der Waals surface area contributed by atoms with Crippen molar-refractivity contribution in [3.8, 4) is 0 Å². The van der Waals surface area contributed by atoms with Gasteiger partial charge in [-0.25, -0.2) is 0 Å². The van der Waals surface area contributed by atoms with E-state index in [0.717, 1.165) is 120 Å². The zero-order valence-corrected chi connectivity index (χ0v) is 54.9. The number of allylic oxidation sites excluding steroid dienone is 2. The average molecular weight is 970 g/mol. The minimum absolute atomic E-state index is 0.481. The molecule has 0 saturated carbocycles. The fourth-order valence-corrected chi connectivity index (χ4v) is 2.36. The van der Waals surface area contributed by atoms with Crippen molar-refractivity contribution >= 4 is 0 Å². The number of ether oxygens (including phenoxy) is 2. The lowest BCUT2D eigenvalue weighted by Gasteiger charge is -2.18. The summed E-state index contributed by atoms with van der Waals surface area (Å²) >= 11 is 0. The Hall–Kier alpha value is -0.600. The van der Waals surface area contributed by atoms with Crippen LogP contribution in [-0.4, -0.2) is 25.4 Å². The fraction of sp³-hybridized carbons (Fsp3) is 0.939. The Bertz CT molecular complexity index is 732. The Kier molecular flexibility index (Phi) is 65.3. The molecule has 2 unspecified atom stereocenters. The predicted octanol–water partition coefficient (Wildman–Crippen LogP) is 22.9. The lowest BCUT2D eigenvalue weighted by Crippen LogP contribution is -2.14. The van der Waals surface area contributed by atoms with Crippen molar-refractivity contribution in [2.24, 2.45) is 118 Å². The molecule has 68 heavy (non-hydrogen) atoms. The van der Waals surface area contributed by atoms with Gasteiger partial charge in [0.05, 0.1) is 25.4 Å². The van der Waals surface area contributed by atoms with Crippen molar-refractivity contribution in [1.29, 1.82) is 0 Å². The van der Waals surface area contributed by atoms with Gasteiger partial charge in [-0.15, -0.1) is 13.2 Å². The van der Waals surface area contributed by atoms with Crippen LogP contribution < -0.4 is 0 Å². The Labute approximate surface area is 438 Å². The van der Waals surface area contributed by atoms with Crippen molar-refractivity contribution in [3.05, 3.63) is 25.3 Å². The minimum Gasteiger partial charge on any atom is -0.373 e. The first-order valence-corrected chi connectivity index (χ1v) is 29.1. The van der Waals surface area contributed by atoms with Crippen molar-refractivity contribution in [2.75, 3.05) is 13.2 Å². The molecule has 0 aliphatic carbocycles.